The van der Waals surface area contributed by atoms with Crippen LogP contribution in [0.5, 0.6) is 0 Å². The second-order valence-electron chi connectivity index (χ2n) is 3.36. The topological polar surface area (TPSA) is 79.3 Å². The quantitative estimate of drug-likeness (QED) is 0.523. The third kappa shape index (κ3) is 5.35. The lowest BCUT2D eigenvalue weighted by Gasteiger charge is -2.10. The molecule has 0 fully saturated rings. The number of pyridine rings is 1. The minimum Gasteiger partial charge on any atom is -0.480 e. The van der Waals surface area contributed by atoms with Crippen LogP contribution < -0.4 is 5.32 Å². The predicted molar refractivity (Wildman–Crippen MR) is 65.9 cm³/mol. The van der Waals surface area contributed by atoms with Crippen LogP contribution in [-0.2, 0) is 16.0 Å². The Hall–Kier alpha value is -1.56. The van der Waals surface area contributed by atoms with E-state index in [1.807, 2.05) is 12.1 Å². The van der Waals surface area contributed by atoms with Crippen molar-refractivity contribution >= 4 is 24.1 Å². The highest BCUT2D eigenvalue weighted by atomic mass is 32.2. The van der Waals surface area contributed by atoms with E-state index in [2.05, 4.69) is 10.3 Å². The largest absolute Gasteiger partial charge is 0.480 e. The maximum atomic E-state index is 10.7. The van der Waals surface area contributed by atoms with Gasteiger partial charge in [0.1, 0.15) is 6.04 Å². The van der Waals surface area contributed by atoms with Crippen LogP contribution in [0.3, 0.4) is 0 Å². The highest BCUT2D eigenvalue weighted by molar-refractivity contribution is 7.99. The highest BCUT2D eigenvalue weighted by Crippen LogP contribution is 2.07. The van der Waals surface area contributed by atoms with E-state index in [0.717, 1.165) is 17.7 Å². The number of aromatic nitrogens is 1. The fourth-order valence-electron chi connectivity index (χ4n) is 1.21. The average Bonchev–Trinajstić information content (AvgIpc) is 2.34. The monoisotopic (exact) mass is 254 g/mol. The number of nitrogens with one attached hydrogen (secondary N) is 1. The molecule has 5 nitrogen and oxygen atoms in total. The van der Waals surface area contributed by atoms with Gasteiger partial charge in [0.05, 0.1) is 0 Å². The Morgan fingerprint density at radius 1 is 1.65 bits per heavy atom. The van der Waals surface area contributed by atoms with Gasteiger partial charge in [0.2, 0.25) is 6.41 Å². The molecule has 17 heavy (non-hydrogen) atoms. The zero-order valence-electron chi connectivity index (χ0n) is 9.20. The minimum atomic E-state index is -1.01. The zero-order chi connectivity index (χ0) is 12.5. The molecule has 1 rings (SSSR count). The Bertz CT molecular complexity index is 359. The Morgan fingerprint density at radius 3 is 3.06 bits per heavy atom. The molecule has 0 aliphatic heterocycles. The molecular formula is C11H14N2O3S. The molecule has 1 atom stereocenters. The van der Waals surface area contributed by atoms with Gasteiger partial charge in [-0.2, -0.15) is 11.8 Å². The number of thioether (sulfide) groups is 1. The summed E-state index contributed by atoms with van der Waals surface area (Å²) in [7, 11) is 0. The van der Waals surface area contributed by atoms with Gasteiger partial charge in [-0.3, -0.25) is 9.78 Å². The standard InChI is InChI=1S/C11H14N2O3S/c14-8-13-10(11(15)16)7-17-5-3-9-2-1-4-12-6-9/h1-2,4,6,8,10H,3,5,7H2,(H,13,14)(H,15,16). The molecule has 1 aromatic heterocycles. The number of hydrogen-bond acceptors (Lipinski definition) is 4. The first-order valence-electron chi connectivity index (χ1n) is 5.13. The fraction of sp³-hybridized carbons (Fsp3) is 0.364. The van der Waals surface area contributed by atoms with Gasteiger partial charge in [-0.25, -0.2) is 4.79 Å². The summed E-state index contributed by atoms with van der Waals surface area (Å²) in [6, 6.07) is 3.03. The summed E-state index contributed by atoms with van der Waals surface area (Å²) in [6.07, 6.45) is 4.76. The van der Waals surface area contributed by atoms with E-state index in [1.54, 1.807) is 12.4 Å². The Balaban J connectivity index is 2.23. The van der Waals surface area contributed by atoms with Crippen LogP contribution in [0.15, 0.2) is 24.5 Å². The number of rotatable bonds is 8. The third-order valence-corrected chi connectivity index (χ3v) is 3.17. The van der Waals surface area contributed by atoms with E-state index in [4.69, 9.17) is 5.11 Å². The van der Waals surface area contributed by atoms with Crippen LogP contribution in [0.2, 0.25) is 0 Å². The molecule has 0 bridgehead atoms. The van der Waals surface area contributed by atoms with Crippen LogP contribution in [-0.4, -0.2) is 40.0 Å². The lowest BCUT2D eigenvalue weighted by molar-refractivity contribution is -0.139. The number of hydrogen-bond donors (Lipinski definition) is 2. The Labute approximate surface area is 104 Å². The normalized spacial score (nSPS) is 11.8. The summed E-state index contributed by atoms with van der Waals surface area (Å²) in [5.41, 5.74) is 1.12. The lowest BCUT2D eigenvalue weighted by Crippen LogP contribution is -2.37. The molecule has 6 heteroatoms. The van der Waals surface area contributed by atoms with Crippen LogP contribution in [0, 0.1) is 0 Å². The minimum absolute atomic E-state index is 0.369. The molecule has 0 aromatic carbocycles. The van der Waals surface area contributed by atoms with Crippen molar-refractivity contribution in [2.45, 2.75) is 12.5 Å². The number of carbonyl (C=O) groups excluding carboxylic acids is 1. The van der Waals surface area contributed by atoms with Gasteiger partial charge in [0.15, 0.2) is 0 Å². The van der Waals surface area contributed by atoms with Crippen molar-refractivity contribution in [1.29, 1.82) is 0 Å². The number of aliphatic carboxylic acids is 1. The van der Waals surface area contributed by atoms with Gasteiger partial charge in [-0.1, -0.05) is 6.07 Å². The first-order valence-corrected chi connectivity index (χ1v) is 6.28. The van der Waals surface area contributed by atoms with Crippen molar-refractivity contribution in [3.05, 3.63) is 30.1 Å². The average molecular weight is 254 g/mol. The van der Waals surface area contributed by atoms with Gasteiger partial charge >= 0.3 is 5.97 Å². The molecule has 92 valence electrons. The van der Waals surface area contributed by atoms with E-state index in [-0.39, 0.29) is 0 Å². The SMILES string of the molecule is O=CNC(CSCCc1cccnc1)C(=O)O. The fourth-order valence-corrected chi connectivity index (χ4v) is 2.23. The number of carbonyl (C=O) groups is 2. The van der Waals surface area contributed by atoms with Gasteiger partial charge in [0.25, 0.3) is 0 Å². The molecule has 0 saturated carbocycles. The molecule has 0 aliphatic rings. The van der Waals surface area contributed by atoms with Crippen LogP contribution in [0.4, 0.5) is 0 Å². The molecule has 1 heterocycles. The summed E-state index contributed by atoms with van der Waals surface area (Å²) in [6.45, 7) is 0. The molecule has 0 spiro atoms. The summed E-state index contributed by atoms with van der Waals surface area (Å²) in [5, 5.41) is 11.0. The number of carboxylic acids is 1. The molecule has 1 amide bonds. The number of amides is 1. The summed E-state index contributed by atoms with van der Waals surface area (Å²) < 4.78 is 0. The highest BCUT2D eigenvalue weighted by Gasteiger charge is 2.15. The first kappa shape index (κ1) is 13.5. The first-order chi connectivity index (χ1) is 8.24. The predicted octanol–water partition coefficient (Wildman–Crippen LogP) is 0.557. The van der Waals surface area contributed by atoms with Crippen molar-refractivity contribution in [3.63, 3.8) is 0 Å². The summed E-state index contributed by atoms with van der Waals surface area (Å²) in [5.74, 6) is 0.163. The molecule has 2 N–H and O–H groups in total. The molecular weight excluding hydrogens is 240 g/mol. The third-order valence-electron chi connectivity index (χ3n) is 2.11. The molecule has 1 unspecified atom stereocenters. The van der Waals surface area contributed by atoms with Crippen LogP contribution in [0.25, 0.3) is 0 Å². The van der Waals surface area contributed by atoms with Gasteiger partial charge in [-0.05, 0) is 23.8 Å². The van der Waals surface area contributed by atoms with Gasteiger partial charge in [-0.15, -0.1) is 0 Å². The lowest BCUT2D eigenvalue weighted by atomic mass is 10.2. The summed E-state index contributed by atoms with van der Waals surface area (Å²) in [4.78, 5) is 24.9. The zero-order valence-corrected chi connectivity index (χ0v) is 10.0. The van der Waals surface area contributed by atoms with Crippen molar-refractivity contribution in [2.24, 2.45) is 0 Å². The van der Waals surface area contributed by atoms with Crippen LogP contribution in [0.1, 0.15) is 5.56 Å². The smallest absolute Gasteiger partial charge is 0.327 e. The van der Waals surface area contributed by atoms with Crippen molar-refractivity contribution < 1.29 is 14.7 Å². The molecule has 0 aliphatic carbocycles. The summed E-state index contributed by atoms with van der Waals surface area (Å²) >= 11 is 1.49. The van der Waals surface area contributed by atoms with E-state index >= 15 is 0 Å². The van der Waals surface area contributed by atoms with Crippen molar-refractivity contribution in [3.8, 4) is 0 Å². The Morgan fingerprint density at radius 2 is 2.47 bits per heavy atom. The second kappa shape index (κ2) is 7.67. The molecule has 0 radical (unpaired) electrons. The Kier molecular flexibility index (Phi) is 6.09. The molecule has 0 saturated heterocycles. The van der Waals surface area contributed by atoms with Crippen molar-refractivity contribution in [2.75, 3.05) is 11.5 Å². The van der Waals surface area contributed by atoms with E-state index in [9.17, 15) is 9.59 Å². The maximum Gasteiger partial charge on any atom is 0.327 e. The van der Waals surface area contributed by atoms with E-state index in [0.29, 0.717) is 12.2 Å². The number of nitrogens with zero attached hydrogens (tertiary/aromatic N) is 1. The van der Waals surface area contributed by atoms with Gasteiger partial charge < -0.3 is 10.4 Å². The van der Waals surface area contributed by atoms with Crippen molar-refractivity contribution in [1.82, 2.24) is 10.3 Å². The van der Waals surface area contributed by atoms with Crippen LogP contribution >= 0.6 is 11.8 Å². The number of aryl methyl sites for hydroxylation is 1. The second-order valence-corrected chi connectivity index (χ2v) is 4.51. The number of carboxylic acid groups (broad SMARTS) is 1. The molecule has 1 aromatic rings. The maximum absolute atomic E-state index is 10.7. The van der Waals surface area contributed by atoms with E-state index < -0.39 is 12.0 Å². The van der Waals surface area contributed by atoms with E-state index in [1.165, 1.54) is 11.8 Å². The van der Waals surface area contributed by atoms with Gasteiger partial charge in [0, 0.05) is 18.1 Å².